The van der Waals surface area contributed by atoms with Gasteiger partial charge in [0.15, 0.2) is 0 Å². The molecule has 0 bridgehead atoms. The summed E-state index contributed by atoms with van der Waals surface area (Å²) >= 11 is 5.84. The fraction of sp³-hybridized carbons (Fsp3) is 0.600. The van der Waals surface area contributed by atoms with Crippen molar-refractivity contribution in [3.05, 3.63) is 28.8 Å². The Balaban J connectivity index is 3.05. The Hall–Kier alpha value is -0.690. The summed E-state index contributed by atoms with van der Waals surface area (Å²) in [5.41, 5.74) is 3.83. The first-order valence-corrected chi connectivity index (χ1v) is 6.93. The Labute approximate surface area is 110 Å². The Morgan fingerprint density at radius 1 is 1.29 bits per heavy atom. The third-order valence-corrected chi connectivity index (χ3v) is 3.19. The zero-order chi connectivity index (χ0) is 12.8. The summed E-state index contributed by atoms with van der Waals surface area (Å²) in [6.45, 7) is 9.38. The van der Waals surface area contributed by atoms with Crippen molar-refractivity contribution in [3.63, 3.8) is 0 Å². The van der Waals surface area contributed by atoms with Crippen LogP contribution in [0.4, 0.5) is 0 Å². The van der Waals surface area contributed by atoms with Gasteiger partial charge < -0.3 is 4.74 Å². The minimum Gasteiger partial charge on any atom is -0.493 e. The number of ether oxygens (including phenoxy) is 1. The highest BCUT2D eigenvalue weighted by Crippen LogP contribution is 2.33. The van der Waals surface area contributed by atoms with E-state index in [1.807, 2.05) is 0 Å². The fourth-order valence-electron chi connectivity index (χ4n) is 2.07. The monoisotopic (exact) mass is 254 g/mol. The smallest absolute Gasteiger partial charge is 0.125 e. The van der Waals surface area contributed by atoms with Gasteiger partial charge in [0.1, 0.15) is 5.75 Å². The highest BCUT2D eigenvalue weighted by atomic mass is 35.5. The van der Waals surface area contributed by atoms with Crippen molar-refractivity contribution in [1.29, 1.82) is 0 Å². The van der Waals surface area contributed by atoms with E-state index in [1.54, 1.807) is 0 Å². The molecule has 0 radical (unpaired) electrons. The molecule has 0 spiro atoms. The Morgan fingerprint density at radius 2 is 2.00 bits per heavy atom. The van der Waals surface area contributed by atoms with Gasteiger partial charge in [0.2, 0.25) is 0 Å². The molecule has 17 heavy (non-hydrogen) atoms. The molecule has 0 saturated carbocycles. The molecule has 1 nitrogen and oxygen atoms in total. The average molecular weight is 255 g/mol. The number of benzene rings is 1. The molecule has 0 aromatic heterocycles. The third kappa shape index (κ3) is 3.92. The van der Waals surface area contributed by atoms with E-state index >= 15 is 0 Å². The van der Waals surface area contributed by atoms with E-state index in [2.05, 4.69) is 39.8 Å². The Kier molecular flexibility index (Phi) is 5.84. The quantitative estimate of drug-likeness (QED) is 0.661. The van der Waals surface area contributed by atoms with Crippen LogP contribution in [0.15, 0.2) is 12.1 Å². The van der Waals surface area contributed by atoms with Crippen molar-refractivity contribution >= 4 is 11.6 Å². The molecule has 0 aliphatic heterocycles. The third-order valence-electron chi connectivity index (χ3n) is 2.97. The maximum absolute atomic E-state index is 5.90. The summed E-state index contributed by atoms with van der Waals surface area (Å²) in [5, 5.41) is 0. The van der Waals surface area contributed by atoms with Crippen molar-refractivity contribution < 1.29 is 4.74 Å². The molecule has 1 atom stereocenters. The largest absolute Gasteiger partial charge is 0.493 e. The SMILES string of the molecule is CCCOc1c(C)cc(C)cc1C(C)CCCl. The molecule has 1 aromatic rings. The number of alkyl halides is 1. The van der Waals surface area contributed by atoms with E-state index < -0.39 is 0 Å². The predicted molar refractivity (Wildman–Crippen MR) is 75.5 cm³/mol. The molecule has 1 aromatic carbocycles. The van der Waals surface area contributed by atoms with Crippen molar-refractivity contribution in [2.45, 2.75) is 46.5 Å². The number of hydrogen-bond donors (Lipinski definition) is 0. The second-order valence-electron chi connectivity index (χ2n) is 4.73. The van der Waals surface area contributed by atoms with Crippen molar-refractivity contribution in [2.75, 3.05) is 12.5 Å². The fourth-order valence-corrected chi connectivity index (χ4v) is 2.40. The first-order chi connectivity index (χ1) is 8.10. The topological polar surface area (TPSA) is 9.23 Å². The van der Waals surface area contributed by atoms with Crippen molar-refractivity contribution in [2.24, 2.45) is 0 Å². The van der Waals surface area contributed by atoms with Gasteiger partial charge in [0.25, 0.3) is 0 Å². The van der Waals surface area contributed by atoms with Crippen LogP contribution in [-0.4, -0.2) is 12.5 Å². The van der Waals surface area contributed by atoms with Gasteiger partial charge >= 0.3 is 0 Å². The van der Waals surface area contributed by atoms with E-state index in [0.29, 0.717) is 11.8 Å². The number of hydrogen-bond acceptors (Lipinski definition) is 1. The summed E-state index contributed by atoms with van der Waals surface area (Å²) < 4.78 is 5.90. The van der Waals surface area contributed by atoms with E-state index in [0.717, 1.165) is 25.2 Å². The Morgan fingerprint density at radius 3 is 2.59 bits per heavy atom. The summed E-state index contributed by atoms with van der Waals surface area (Å²) in [6.07, 6.45) is 2.03. The highest BCUT2D eigenvalue weighted by Gasteiger charge is 2.14. The van der Waals surface area contributed by atoms with Gasteiger partial charge in [-0.2, -0.15) is 0 Å². The van der Waals surface area contributed by atoms with Crippen molar-refractivity contribution in [3.8, 4) is 5.75 Å². The van der Waals surface area contributed by atoms with Crippen LogP contribution in [0, 0.1) is 13.8 Å². The molecule has 0 heterocycles. The zero-order valence-electron chi connectivity index (χ0n) is 11.3. The van der Waals surface area contributed by atoms with Gasteiger partial charge in [0.05, 0.1) is 6.61 Å². The maximum atomic E-state index is 5.90. The van der Waals surface area contributed by atoms with Crippen LogP contribution in [0.1, 0.15) is 49.3 Å². The molecule has 1 unspecified atom stereocenters. The van der Waals surface area contributed by atoms with Gasteiger partial charge in [-0.25, -0.2) is 0 Å². The molecule has 0 N–H and O–H groups in total. The van der Waals surface area contributed by atoms with E-state index in [-0.39, 0.29) is 0 Å². The van der Waals surface area contributed by atoms with Gasteiger partial charge in [0, 0.05) is 5.88 Å². The van der Waals surface area contributed by atoms with Crippen LogP contribution in [-0.2, 0) is 0 Å². The average Bonchev–Trinajstić information content (AvgIpc) is 2.27. The highest BCUT2D eigenvalue weighted by molar-refractivity contribution is 6.17. The van der Waals surface area contributed by atoms with Crippen LogP contribution in [0.5, 0.6) is 5.75 Å². The molecule has 1 rings (SSSR count). The standard InChI is InChI=1S/C15H23ClO/c1-5-8-17-15-13(4)9-11(2)10-14(15)12(3)6-7-16/h9-10,12H,5-8H2,1-4H3. The van der Waals surface area contributed by atoms with Crippen LogP contribution in [0.2, 0.25) is 0 Å². The van der Waals surface area contributed by atoms with Crippen LogP contribution < -0.4 is 4.74 Å². The van der Waals surface area contributed by atoms with Gasteiger partial charge in [-0.15, -0.1) is 11.6 Å². The minimum atomic E-state index is 0.456. The summed E-state index contributed by atoms with van der Waals surface area (Å²) in [7, 11) is 0. The lowest BCUT2D eigenvalue weighted by Crippen LogP contribution is -2.05. The minimum absolute atomic E-state index is 0.456. The molecule has 96 valence electrons. The molecular formula is C15H23ClO. The summed E-state index contributed by atoms with van der Waals surface area (Å²) in [4.78, 5) is 0. The lowest BCUT2D eigenvalue weighted by Gasteiger charge is -2.19. The number of halogens is 1. The Bertz CT molecular complexity index is 360. The normalized spacial score (nSPS) is 12.5. The molecule has 0 aliphatic carbocycles. The molecule has 0 fully saturated rings. The zero-order valence-corrected chi connectivity index (χ0v) is 12.1. The first-order valence-electron chi connectivity index (χ1n) is 6.40. The van der Waals surface area contributed by atoms with E-state index in [1.165, 1.54) is 16.7 Å². The van der Waals surface area contributed by atoms with E-state index in [9.17, 15) is 0 Å². The molecule has 0 saturated heterocycles. The van der Waals surface area contributed by atoms with E-state index in [4.69, 9.17) is 16.3 Å². The second kappa shape index (κ2) is 6.90. The maximum Gasteiger partial charge on any atom is 0.125 e. The van der Waals surface area contributed by atoms with Gasteiger partial charge in [-0.1, -0.05) is 31.5 Å². The van der Waals surface area contributed by atoms with Crippen LogP contribution >= 0.6 is 11.6 Å². The molecule has 2 heteroatoms. The molecule has 0 amide bonds. The molecular weight excluding hydrogens is 232 g/mol. The van der Waals surface area contributed by atoms with Gasteiger partial charge in [-0.3, -0.25) is 0 Å². The van der Waals surface area contributed by atoms with Crippen LogP contribution in [0.3, 0.4) is 0 Å². The van der Waals surface area contributed by atoms with Gasteiger partial charge in [-0.05, 0) is 43.7 Å². The predicted octanol–water partition coefficient (Wildman–Crippen LogP) is 4.82. The summed E-state index contributed by atoms with van der Waals surface area (Å²) in [6, 6.07) is 4.41. The summed E-state index contributed by atoms with van der Waals surface area (Å²) in [5.74, 6) is 2.22. The van der Waals surface area contributed by atoms with Crippen molar-refractivity contribution in [1.82, 2.24) is 0 Å². The molecule has 0 aliphatic rings. The number of rotatable bonds is 6. The lowest BCUT2D eigenvalue weighted by atomic mass is 9.94. The number of aryl methyl sites for hydroxylation is 2. The van der Waals surface area contributed by atoms with Crippen LogP contribution in [0.25, 0.3) is 0 Å². The lowest BCUT2D eigenvalue weighted by molar-refractivity contribution is 0.310. The first kappa shape index (κ1) is 14.4. The second-order valence-corrected chi connectivity index (χ2v) is 5.11.